The minimum Gasteiger partial charge on any atom is -0.497 e. The van der Waals surface area contributed by atoms with E-state index in [4.69, 9.17) is 9.15 Å². The molecule has 13 heavy (non-hydrogen) atoms. The van der Waals surface area contributed by atoms with Crippen molar-refractivity contribution in [3.05, 3.63) is 30.0 Å². The molecule has 0 aliphatic rings. The number of hydrogen-bond acceptors (Lipinski definition) is 3. The second-order valence-corrected chi connectivity index (χ2v) is 2.67. The first kappa shape index (κ1) is 7.86. The minimum atomic E-state index is 0.550. The maximum absolute atomic E-state index is 10.6. The lowest BCUT2D eigenvalue weighted by molar-refractivity contribution is 0.112. The maximum Gasteiger partial charge on any atom is 0.153 e. The molecular formula is C10H8O3. The maximum atomic E-state index is 10.6. The summed E-state index contributed by atoms with van der Waals surface area (Å²) < 4.78 is 10.2. The molecule has 0 spiro atoms. The van der Waals surface area contributed by atoms with Gasteiger partial charge in [-0.05, 0) is 18.2 Å². The van der Waals surface area contributed by atoms with Crippen molar-refractivity contribution >= 4 is 17.3 Å². The van der Waals surface area contributed by atoms with Crippen molar-refractivity contribution in [3.63, 3.8) is 0 Å². The lowest BCUT2D eigenvalue weighted by atomic mass is 10.2. The second-order valence-electron chi connectivity index (χ2n) is 2.67. The summed E-state index contributed by atoms with van der Waals surface area (Å²) in [5, 5.41) is 0.786. The van der Waals surface area contributed by atoms with Gasteiger partial charge in [0.25, 0.3) is 0 Å². The van der Waals surface area contributed by atoms with E-state index in [0.717, 1.165) is 17.4 Å². The lowest BCUT2D eigenvalue weighted by Gasteiger charge is -1.97. The fraction of sp³-hybridized carbons (Fsp3) is 0.100. The Labute approximate surface area is 74.9 Å². The van der Waals surface area contributed by atoms with Crippen LogP contribution in [0.25, 0.3) is 11.0 Å². The van der Waals surface area contributed by atoms with E-state index in [-0.39, 0.29) is 0 Å². The van der Waals surface area contributed by atoms with E-state index in [0.29, 0.717) is 11.1 Å². The number of hydrogen-bond donors (Lipinski definition) is 0. The molecule has 0 radical (unpaired) electrons. The Bertz CT molecular complexity index is 442. The minimum absolute atomic E-state index is 0.550. The van der Waals surface area contributed by atoms with Gasteiger partial charge >= 0.3 is 0 Å². The SMILES string of the molecule is COc1ccc2occ(C=O)c2c1. The van der Waals surface area contributed by atoms with Gasteiger partial charge in [0.2, 0.25) is 0 Å². The molecule has 0 atom stereocenters. The van der Waals surface area contributed by atoms with E-state index >= 15 is 0 Å². The van der Waals surface area contributed by atoms with E-state index in [1.54, 1.807) is 25.3 Å². The highest BCUT2D eigenvalue weighted by Gasteiger charge is 2.05. The molecule has 0 unspecified atom stereocenters. The Morgan fingerprint density at radius 2 is 2.31 bits per heavy atom. The number of benzene rings is 1. The Kier molecular flexibility index (Phi) is 1.77. The molecule has 3 heteroatoms. The van der Waals surface area contributed by atoms with Crippen LogP contribution < -0.4 is 4.74 Å². The van der Waals surface area contributed by atoms with Crippen LogP contribution in [-0.4, -0.2) is 13.4 Å². The molecule has 66 valence electrons. The Morgan fingerprint density at radius 1 is 1.46 bits per heavy atom. The molecule has 0 aliphatic heterocycles. The number of carbonyl (C=O) groups is 1. The summed E-state index contributed by atoms with van der Waals surface area (Å²) in [7, 11) is 1.59. The Morgan fingerprint density at radius 3 is 3.00 bits per heavy atom. The number of aldehydes is 1. The van der Waals surface area contributed by atoms with E-state index in [1.165, 1.54) is 6.26 Å². The van der Waals surface area contributed by atoms with Gasteiger partial charge in [-0.25, -0.2) is 0 Å². The zero-order valence-corrected chi connectivity index (χ0v) is 7.11. The van der Waals surface area contributed by atoms with E-state index in [1.807, 2.05) is 0 Å². The van der Waals surface area contributed by atoms with Crippen LogP contribution in [0, 0.1) is 0 Å². The summed E-state index contributed by atoms with van der Waals surface area (Å²) >= 11 is 0. The largest absolute Gasteiger partial charge is 0.497 e. The third-order valence-electron chi connectivity index (χ3n) is 1.94. The summed E-state index contributed by atoms with van der Waals surface area (Å²) in [6.07, 6.45) is 2.21. The van der Waals surface area contributed by atoms with Gasteiger partial charge in [-0.3, -0.25) is 4.79 Å². The fourth-order valence-electron chi connectivity index (χ4n) is 1.25. The number of rotatable bonds is 2. The van der Waals surface area contributed by atoms with Crippen LogP contribution in [0.5, 0.6) is 5.75 Å². The van der Waals surface area contributed by atoms with Crippen molar-refractivity contribution in [1.82, 2.24) is 0 Å². The molecule has 0 saturated carbocycles. The summed E-state index contributed by atoms with van der Waals surface area (Å²) in [6.45, 7) is 0. The quantitative estimate of drug-likeness (QED) is 0.659. The predicted molar refractivity (Wildman–Crippen MR) is 48.2 cm³/mol. The highest BCUT2D eigenvalue weighted by Crippen LogP contribution is 2.24. The number of furan rings is 1. The molecule has 3 nitrogen and oxygen atoms in total. The van der Waals surface area contributed by atoms with Gasteiger partial charge in [0.15, 0.2) is 6.29 Å². The van der Waals surface area contributed by atoms with E-state index in [9.17, 15) is 4.79 Å². The van der Waals surface area contributed by atoms with E-state index in [2.05, 4.69) is 0 Å². The average molecular weight is 176 g/mol. The molecule has 2 rings (SSSR count). The van der Waals surface area contributed by atoms with Crippen LogP contribution >= 0.6 is 0 Å². The van der Waals surface area contributed by atoms with E-state index < -0.39 is 0 Å². The normalized spacial score (nSPS) is 10.2. The fourth-order valence-corrected chi connectivity index (χ4v) is 1.25. The van der Waals surface area contributed by atoms with Gasteiger partial charge in [-0.15, -0.1) is 0 Å². The number of fused-ring (bicyclic) bond motifs is 1. The zero-order chi connectivity index (χ0) is 9.26. The van der Waals surface area contributed by atoms with Crippen LogP contribution in [-0.2, 0) is 0 Å². The van der Waals surface area contributed by atoms with Crippen molar-refractivity contribution < 1.29 is 13.9 Å². The molecule has 1 heterocycles. The molecule has 1 aromatic heterocycles. The van der Waals surface area contributed by atoms with Crippen LogP contribution in [0.15, 0.2) is 28.9 Å². The van der Waals surface area contributed by atoms with Crippen LogP contribution in [0.1, 0.15) is 10.4 Å². The van der Waals surface area contributed by atoms with Gasteiger partial charge in [0.1, 0.15) is 17.6 Å². The molecule has 0 amide bonds. The van der Waals surface area contributed by atoms with Crippen molar-refractivity contribution in [3.8, 4) is 5.75 Å². The van der Waals surface area contributed by atoms with Crippen molar-refractivity contribution in [2.75, 3.05) is 7.11 Å². The molecule has 1 aromatic carbocycles. The highest BCUT2D eigenvalue weighted by atomic mass is 16.5. The standard InChI is InChI=1S/C10H8O3/c1-12-8-2-3-10-9(4-8)7(5-11)6-13-10/h2-6H,1H3. The Balaban J connectivity index is 2.71. The first-order valence-corrected chi connectivity index (χ1v) is 3.85. The molecule has 2 aromatic rings. The van der Waals surface area contributed by atoms with Crippen LogP contribution in [0.3, 0.4) is 0 Å². The summed E-state index contributed by atoms with van der Waals surface area (Å²) in [4.78, 5) is 10.6. The topological polar surface area (TPSA) is 39.4 Å². The molecule has 0 aliphatic carbocycles. The second kappa shape index (κ2) is 2.94. The van der Waals surface area contributed by atoms with Gasteiger partial charge in [-0.2, -0.15) is 0 Å². The first-order chi connectivity index (χ1) is 6.35. The zero-order valence-electron chi connectivity index (χ0n) is 7.11. The molecule has 0 N–H and O–H groups in total. The molecule has 0 fully saturated rings. The monoisotopic (exact) mass is 176 g/mol. The smallest absolute Gasteiger partial charge is 0.153 e. The lowest BCUT2D eigenvalue weighted by Crippen LogP contribution is -1.82. The Hall–Kier alpha value is -1.77. The van der Waals surface area contributed by atoms with Gasteiger partial charge in [0, 0.05) is 5.39 Å². The number of carbonyl (C=O) groups excluding carboxylic acids is 1. The van der Waals surface area contributed by atoms with Crippen molar-refractivity contribution in [1.29, 1.82) is 0 Å². The summed E-state index contributed by atoms with van der Waals surface area (Å²) in [5.74, 6) is 0.719. The van der Waals surface area contributed by atoms with Crippen LogP contribution in [0.2, 0.25) is 0 Å². The van der Waals surface area contributed by atoms with Crippen LogP contribution in [0.4, 0.5) is 0 Å². The third kappa shape index (κ3) is 1.18. The first-order valence-electron chi connectivity index (χ1n) is 3.85. The van der Waals surface area contributed by atoms with Gasteiger partial charge in [-0.1, -0.05) is 0 Å². The summed E-state index contributed by atoms with van der Waals surface area (Å²) in [5.41, 5.74) is 1.25. The molecular weight excluding hydrogens is 168 g/mol. The van der Waals surface area contributed by atoms with Crippen molar-refractivity contribution in [2.45, 2.75) is 0 Å². The number of ether oxygens (including phenoxy) is 1. The summed E-state index contributed by atoms with van der Waals surface area (Å²) in [6, 6.07) is 5.35. The van der Waals surface area contributed by atoms with Crippen molar-refractivity contribution in [2.24, 2.45) is 0 Å². The van der Waals surface area contributed by atoms with Gasteiger partial charge < -0.3 is 9.15 Å². The average Bonchev–Trinajstić information content (AvgIpc) is 2.59. The predicted octanol–water partition coefficient (Wildman–Crippen LogP) is 2.25. The third-order valence-corrected chi connectivity index (χ3v) is 1.94. The number of methoxy groups -OCH3 is 1. The highest BCUT2D eigenvalue weighted by molar-refractivity contribution is 5.96. The van der Waals surface area contributed by atoms with Gasteiger partial charge in [0.05, 0.1) is 12.7 Å². The molecule has 0 bridgehead atoms. The molecule has 0 saturated heterocycles.